The van der Waals surface area contributed by atoms with Crippen LogP contribution in [0.25, 0.3) is 11.0 Å². The Hall–Kier alpha value is -2.30. The number of furan rings is 1. The lowest BCUT2D eigenvalue weighted by Crippen LogP contribution is -2.37. The van der Waals surface area contributed by atoms with Gasteiger partial charge in [-0.2, -0.15) is 0 Å². The van der Waals surface area contributed by atoms with Gasteiger partial charge in [0, 0.05) is 24.0 Å². The molecule has 2 aromatic rings. The van der Waals surface area contributed by atoms with Crippen molar-refractivity contribution >= 4 is 22.8 Å². The highest BCUT2D eigenvalue weighted by Gasteiger charge is 2.56. The highest BCUT2D eigenvalue weighted by molar-refractivity contribution is 6.00. The second kappa shape index (κ2) is 5.10. The molecule has 1 saturated carbocycles. The topological polar surface area (TPSA) is 70.8 Å². The molecule has 1 aliphatic heterocycles. The Balaban J connectivity index is 1.70. The van der Waals surface area contributed by atoms with Crippen molar-refractivity contribution in [2.75, 3.05) is 13.1 Å². The zero-order chi connectivity index (χ0) is 17.1. The average Bonchev–Trinajstić information content (AvgIpc) is 3.19. The van der Waals surface area contributed by atoms with Gasteiger partial charge in [0.05, 0.1) is 5.41 Å². The molecular weight excluding hydrogens is 306 g/mol. The minimum atomic E-state index is -0.766. The number of benzene rings is 1. The third-order valence-electron chi connectivity index (χ3n) is 5.94. The SMILES string of the molecule is Cc1c(C(=O)N2C[C@@H]3CCC[C@@]3(C(=O)O)C2)oc2c(C)cccc12. The van der Waals surface area contributed by atoms with Crippen molar-refractivity contribution in [2.24, 2.45) is 11.3 Å². The number of aryl methyl sites for hydroxylation is 2. The van der Waals surface area contributed by atoms with Gasteiger partial charge < -0.3 is 14.4 Å². The summed E-state index contributed by atoms with van der Waals surface area (Å²) in [4.78, 5) is 26.5. The highest BCUT2D eigenvalue weighted by atomic mass is 16.4. The summed E-state index contributed by atoms with van der Waals surface area (Å²) >= 11 is 0. The number of carboxylic acid groups (broad SMARTS) is 1. The summed E-state index contributed by atoms with van der Waals surface area (Å²) in [6.07, 6.45) is 2.48. The molecular formula is C19H21NO4. The molecule has 4 rings (SSSR count). The number of amides is 1. The number of aliphatic carboxylic acids is 1. The van der Waals surface area contributed by atoms with Crippen LogP contribution in [0.2, 0.25) is 0 Å². The number of carboxylic acids is 1. The van der Waals surface area contributed by atoms with Gasteiger partial charge >= 0.3 is 5.97 Å². The molecule has 2 aliphatic rings. The predicted octanol–water partition coefficient (Wildman–Crippen LogP) is 3.38. The van der Waals surface area contributed by atoms with E-state index in [9.17, 15) is 14.7 Å². The van der Waals surface area contributed by atoms with E-state index in [0.29, 0.717) is 25.3 Å². The van der Waals surface area contributed by atoms with Crippen LogP contribution in [0.4, 0.5) is 0 Å². The Bertz CT molecular complexity index is 852. The molecule has 1 aromatic carbocycles. The molecule has 2 atom stereocenters. The normalized spacial score (nSPS) is 26.1. The zero-order valence-electron chi connectivity index (χ0n) is 14.0. The molecule has 24 heavy (non-hydrogen) atoms. The summed E-state index contributed by atoms with van der Waals surface area (Å²) in [6.45, 7) is 4.66. The van der Waals surface area contributed by atoms with Gasteiger partial charge in [0.2, 0.25) is 0 Å². The second-order valence-electron chi connectivity index (χ2n) is 7.24. The zero-order valence-corrected chi connectivity index (χ0v) is 14.0. The molecule has 1 saturated heterocycles. The van der Waals surface area contributed by atoms with Gasteiger partial charge in [-0.15, -0.1) is 0 Å². The second-order valence-corrected chi connectivity index (χ2v) is 7.24. The van der Waals surface area contributed by atoms with E-state index >= 15 is 0 Å². The van der Waals surface area contributed by atoms with E-state index in [1.165, 1.54) is 0 Å². The fourth-order valence-corrected chi connectivity index (χ4v) is 4.53. The molecule has 0 radical (unpaired) electrons. The first-order chi connectivity index (χ1) is 11.4. The van der Waals surface area contributed by atoms with Gasteiger partial charge in [0.25, 0.3) is 5.91 Å². The predicted molar refractivity (Wildman–Crippen MR) is 89.0 cm³/mol. The largest absolute Gasteiger partial charge is 0.481 e. The quantitative estimate of drug-likeness (QED) is 0.918. The van der Waals surface area contributed by atoms with Crippen LogP contribution in [0, 0.1) is 25.2 Å². The number of rotatable bonds is 2. The third-order valence-corrected chi connectivity index (χ3v) is 5.94. The molecule has 1 amide bonds. The van der Waals surface area contributed by atoms with Crippen LogP contribution in [0.1, 0.15) is 40.9 Å². The molecule has 5 nitrogen and oxygen atoms in total. The first-order valence-electron chi connectivity index (χ1n) is 8.45. The maximum Gasteiger partial charge on any atom is 0.311 e. The number of carbonyl (C=O) groups is 2. The maximum absolute atomic E-state index is 13.0. The van der Waals surface area contributed by atoms with E-state index in [-0.39, 0.29) is 11.8 Å². The molecule has 1 aliphatic carbocycles. The van der Waals surface area contributed by atoms with Gasteiger partial charge in [-0.05, 0) is 38.2 Å². The van der Waals surface area contributed by atoms with Crippen LogP contribution in [0.5, 0.6) is 0 Å². The molecule has 5 heteroatoms. The van der Waals surface area contributed by atoms with Crippen LogP contribution in [-0.2, 0) is 4.79 Å². The van der Waals surface area contributed by atoms with Crippen LogP contribution >= 0.6 is 0 Å². The Labute approximate surface area is 140 Å². The van der Waals surface area contributed by atoms with Gasteiger partial charge in [-0.3, -0.25) is 9.59 Å². The standard InChI is InChI=1S/C19H21NO4/c1-11-5-3-7-14-12(2)16(24-15(11)14)17(21)20-9-13-6-4-8-19(13,10-20)18(22)23/h3,5,7,13H,4,6,8-10H2,1-2H3,(H,22,23)/t13-,19+/m0/s1. The van der Waals surface area contributed by atoms with Crippen molar-refractivity contribution in [1.29, 1.82) is 0 Å². The molecule has 0 bridgehead atoms. The molecule has 1 aromatic heterocycles. The van der Waals surface area contributed by atoms with E-state index in [2.05, 4.69) is 0 Å². The first kappa shape index (κ1) is 15.2. The minimum Gasteiger partial charge on any atom is -0.481 e. The van der Waals surface area contributed by atoms with Crippen molar-refractivity contribution in [3.05, 3.63) is 35.1 Å². The fraction of sp³-hybridized carbons (Fsp3) is 0.474. The van der Waals surface area contributed by atoms with Crippen LogP contribution in [-0.4, -0.2) is 35.0 Å². The van der Waals surface area contributed by atoms with Crippen molar-refractivity contribution < 1.29 is 19.1 Å². The first-order valence-corrected chi connectivity index (χ1v) is 8.45. The van der Waals surface area contributed by atoms with Gasteiger partial charge in [0.15, 0.2) is 5.76 Å². The summed E-state index contributed by atoms with van der Waals surface area (Å²) in [5.41, 5.74) is 1.81. The molecule has 0 spiro atoms. The highest BCUT2D eigenvalue weighted by Crippen LogP contribution is 2.49. The molecule has 1 N–H and O–H groups in total. The summed E-state index contributed by atoms with van der Waals surface area (Å²) in [5, 5.41) is 10.6. The lowest BCUT2D eigenvalue weighted by atomic mass is 9.81. The third kappa shape index (κ3) is 1.93. The van der Waals surface area contributed by atoms with Gasteiger partial charge in [-0.25, -0.2) is 0 Å². The van der Waals surface area contributed by atoms with Crippen molar-refractivity contribution in [1.82, 2.24) is 4.90 Å². The van der Waals surface area contributed by atoms with E-state index in [0.717, 1.165) is 34.9 Å². The molecule has 2 fully saturated rings. The van der Waals surface area contributed by atoms with Crippen molar-refractivity contribution in [3.63, 3.8) is 0 Å². The Morgan fingerprint density at radius 1 is 1.33 bits per heavy atom. The van der Waals surface area contributed by atoms with E-state index in [1.54, 1.807) is 4.90 Å². The number of carbonyl (C=O) groups excluding carboxylic acids is 1. The number of hydrogen-bond acceptors (Lipinski definition) is 3. The van der Waals surface area contributed by atoms with Crippen molar-refractivity contribution in [2.45, 2.75) is 33.1 Å². The summed E-state index contributed by atoms with van der Waals surface area (Å²) in [7, 11) is 0. The molecule has 0 unspecified atom stereocenters. The Morgan fingerprint density at radius 3 is 2.79 bits per heavy atom. The fourth-order valence-electron chi connectivity index (χ4n) is 4.53. The monoisotopic (exact) mass is 327 g/mol. The number of hydrogen-bond donors (Lipinski definition) is 1. The number of likely N-dealkylation sites (tertiary alicyclic amines) is 1. The Kier molecular flexibility index (Phi) is 3.24. The summed E-state index contributed by atoms with van der Waals surface area (Å²) < 4.78 is 5.88. The van der Waals surface area contributed by atoms with E-state index in [4.69, 9.17) is 4.42 Å². The summed E-state index contributed by atoms with van der Waals surface area (Å²) in [6, 6.07) is 5.86. The van der Waals surface area contributed by atoms with Crippen molar-refractivity contribution in [3.8, 4) is 0 Å². The lowest BCUT2D eigenvalue weighted by molar-refractivity contribution is -0.149. The number of nitrogens with zero attached hydrogens (tertiary/aromatic N) is 1. The lowest BCUT2D eigenvalue weighted by Gasteiger charge is -2.23. The maximum atomic E-state index is 13.0. The van der Waals surface area contributed by atoms with Crippen LogP contribution in [0.3, 0.4) is 0 Å². The van der Waals surface area contributed by atoms with Crippen LogP contribution < -0.4 is 0 Å². The number of fused-ring (bicyclic) bond motifs is 2. The smallest absolute Gasteiger partial charge is 0.311 e. The average molecular weight is 327 g/mol. The summed E-state index contributed by atoms with van der Waals surface area (Å²) in [5.74, 6) is -0.541. The minimum absolute atomic E-state index is 0.0605. The molecule has 2 heterocycles. The molecule has 126 valence electrons. The van der Waals surface area contributed by atoms with Gasteiger partial charge in [-0.1, -0.05) is 24.6 Å². The van der Waals surface area contributed by atoms with Gasteiger partial charge in [0.1, 0.15) is 5.58 Å². The number of para-hydroxylation sites is 1. The van der Waals surface area contributed by atoms with E-state index < -0.39 is 11.4 Å². The Morgan fingerprint density at radius 2 is 2.12 bits per heavy atom. The van der Waals surface area contributed by atoms with Crippen LogP contribution in [0.15, 0.2) is 22.6 Å². The van der Waals surface area contributed by atoms with E-state index in [1.807, 2.05) is 32.0 Å².